The van der Waals surface area contributed by atoms with Gasteiger partial charge in [0.2, 0.25) is 0 Å². The van der Waals surface area contributed by atoms with Crippen LogP contribution in [0.15, 0.2) is 0 Å². The van der Waals surface area contributed by atoms with E-state index in [2.05, 4.69) is 12.2 Å². The quantitative estimate of drug-likeness (QED) is 0.485. The van der Waals surface area contributed by atoms with Gasteiger partial charge in [0.05, 0.1) is 0 Å². The molecule has 9 heavy (non-hydrogen) atoms. The van der Waals surface area contributed by atoms with Crippen LogP contribution in [0.1, 0.15) is 19.8 Å². The normalized spacial score (nSPS) is 49.7. The molecule has 2 fully saturated rings. The number of epoxide rings is 1. The van der Waals surface area contributed by atoms with Gasteiger partial charge in [-0.05, 0) is 25.3 Å². The van der Waals surface area contributed by atoms with E-state index >= 15 is 0 Å². The molecule has 0 amide bonds. The summed E-state index contributed by atoms with van der Waals surface area (Å²) < 4.78 is 5.36. The summed E-state index contributed by atoms with van der Waals surface area (Å²) in [4.78, 5) is 0. The Hall–Kier alpha value is -0.0800. The number of nitrogens with one attached hydrogen (secondary N) is 1. The molecule has 0 bridgehead atoms. The molecule has 0 aliphatic carbocycles. The van der Waals surface area contributed by atoms with Crippen molar-refractivity contribution in [1.29, 1.82) is 0 Å². The molecule has 2 aliphatic heterocycles. The van der Waals surface area contributed by atoms with Crippen molar-refractivity contribution in [3.05, 3.63) is 0 Å². The van der Waals surface area contributed by atoms with Crippen LogP contribution in [0.4, 0.5) is 0 Å². The molecule has 2 heterocycles. The van der Waals surface area contributed by atoms with Crippen LogP contribution in [0.5, 0.6) is 0 Å². The molecule has 1 N–H and O–H groups in total. The lowest BCUT2D eigenvalue weighted by molar-refractivity contribution is 0.287. The van der Waals surface area contributed by atoms with E-state index in [0.29, 0.717) is 12.3 Å². The summed E-state index contributed by atoms with van der Waals surface area (Å²) in [6, 6.07) is 0. The Morgan fingerprint density at radius 1 is 1.56 bits per heavy atom. The Kier molecular flexibility index (Phi) is 1.24. The minimum Gasteiger partial charge on any atom is -0.353 e. The zero-order chi connectivity index (χ0) is 6.27. The fraction of sp³-hybridized carbons (Fsp3) is 1.00. The molecule has 52 valence electrons. The Morgan fingerprint density at radius 3 is 3.33 bits per heavy atom. The van der Waals surface area contributed by atoms with Crippen LogP contribution in [0.25, 0.3) is 0 Å². The fourth-order valence-electron chi connectivity index (χ4n) is 1.55. The highest BCUT2D eigenvalue weighted by atomic mass is 16.6. The van der Waals surface area contributed by atoms with Gasteiger partial charge >= 0.3 is 0 Å². The van der Waals surface area contributed by atoms with Crippen molar-refractivity contribution in [1.82, 2.24) is 5.32 Å². The summed E-state index contributed by atoms with van der Waals surface area (Å²) in [5.74, 6) is 0.782. The topological polar surface area (TPSA) is 24.6 Å². The fourth-order valence-corrected chi connectivity index (χ4v) is 1.55. The van der Waals surface area contributed by atoms with Crippen LogP contribution in [-0.2, 0) is 4.74 Å². The molecule has 0 aromatic heterocycles. The van der Waals surface area contributed by atoms with Gasteiger partial charge in [-0.3, -0.25) is 5.32 Å². The highest BCUT2D eigenvalue weighted by Crippen LogP contribution is 2.31. The first-order chi connectivity index (χ1) is 4.38. The second kappa shape index (κ2) is 1.96. The molecule has 0 aromatic rings. The summed E-state index contributed by atoms with van der Waals surface area (Å²) in [6.07, 6.45) is 3.61. The van der Waals surface area contributed by atoms with Gasteiger partial charge in [0.1, 0.15) is 12.3 Å². The Morgan fingerprint density at radius 2 is 2.44 bits per heavy atom. The molecule has 0 saturated carbocycles. The van der Waals surface area contributed by atoms with Crippen LogP contribution in [0.3, 0.4) is 0 Å². The van der Waals surface area contributed by atoms with Crippen molar-refractivity contribution in [3.8, 4) is 0 Å². The molecule has 0 radical (unpaired) electrons. The third-order valence-corrected chi connectivity index (χ3v) is 2.27. The van der Waals surface area contributed by atoms with Gasteiger partial charge in [-0.15, -0.1) is 0 Å². The molecule has 2 nitrogen and oxygen atoms in total. The second-order valence-electron chi connectivity index (χ2n) is 3.09. The highest BCUT2D eigenvalue weighted by molar-refractivity contribution is 4.89. The van der Waals surface area contributed by atoms with Gasteiger partial charge in [-0.1, -0.05) is 6.92 Å². The lowest BCUT2D eigenvalue weighted by Gasteiger charge is -2.02. The maximum absolute atomic E-state index is 5.36. The smallest absolute Gasteiger partial charge is 0.135 e. The van der Waals surface area contributed by atoms with E-state index in [9.17, 15) is 0 Å². The van der Waals surface area contributed by atoms with E-state index in [1.54, 1.807) is 0 Å². The summed E-state index contributed by atoms with van der Waals surface area (Å²) in [5.41, 5.74) is 0. The summed E-state index contributed by atoms with van der Waals surface area (Å²) in [5, 5.41) is 3.33. The number of rotatable bonds is 0. The molecular formula is C7H13NO. The molecule has 0 aromatic carbocycles. The molecule has 2 saturated heterocycles. The van der Waals surface area contributed by atoms with E-state index in [0.717, 1.165) is 12.5 Å². The maximum Gasteiger partial charge on any atom is 0.135 e. The average Bonchev–Trinajstić information content (AvgIpc) is 2.55. The molecule has 0 spiro atoms. The molecule has 3 unspecified atom stereocenters. The molecular weight excluding hydrogens is 114 g/mol. The van der Waals surface area contributed by atoms with Crippen LogP contribution >= 0.6 is 0 Å². The summed E-state index contributed by atoms with van der Waals surface area (Å²) in [6.45, 7) is 3.42. The van der Waals surface area contributed by atoms with Crippen molar-refractivity contribution in [2.24, 2.45) is 5.92 Å². The zero-order valence-electron chi connectivity index (χ0n) is 5.76. The van der Waals surface area contributed by atoms with Gasteiger partial charge in [-0.2, -0.15) is 0 Å². The lowest BCUT2D eigenvalue weighted by Crippen LogP contribution is -2.18. The largest absolute Gasteiger partial charge is 0.353 e. The Bertz CT molecular complexity index is 115. The third kappa shape index (κ3) is 0.970. The molecule has 2 aliphatic rings. The van der Waals surface area contributed by atoms with Crippen LogP contribution in [0.2, 0.25) is 0 Å². The minimum absolute atomic E-state index is 0.419. The predicted octanol–water partition coefficient (Wildman–Crippen LogP) is 0.731. The number of hydrogen-bond donors (Lipinski definition) is 1. The molecule has 3 atom stereocenters. The van der Waals surface area contributed by atoms with Crippen LogP contribution in [0, 0.1) is 5.92 Å². The number of fused-ring (bicyclic) bond motifs is 1. The zero-order valence-corrected chi connectivity index (χ0v) is 5.76. The van der Waals surface area contributed by atoms with Crippen molar-refractivity contribution >= 4 is 0 Å². The standard InChI is InChI=1S/C7H13NO/c1-5-3-2-4-8-7-6(5)9-7/h5-8H,2-4H2,1H3. The van der Waals surface area contributed by atoms with Crippen LogP contribution in [-0.4, -0.2) is 18.9 Å². The lowest BCUT2D eigenvalue weighted by atomic mass is 10.0. The van der Waals surface area contributed by atoms with Gasteiger partial charge in [0.25, 0.3) is 0 Å². The van der Waals surface area contributed by atoms with Crippen molar-refractivity contribution in [2.75, 3.05) is 6.54 Å². The number of hydrogen-bond acceptors (Lipinski definition) is 2. The van der Waals surface area contributed by atoms with E-state index < -0.39 is 0 Å². The minimum atomic E-state index is 0.419. The SMILES string of the molecule is CC1CCCNC2OC12. The highest BCUT2D eigenvalue weighted by Gasteiger charge is 2.43. The summed E-state index contributed by atoms with van der Waals surface area (Å²) >= 11 is 0. The van der Waals surface area contributed by atoms with E-state index in [-0.39, 0.29) is 0 Å². The van der Waals surface area contributed by atoms with Gasteiger partial charge in [-0.25, -0.2) is 0 Å². The second-order valence-corrected chi connectivity index (χ2v) is 3.09. The average molecular weight is 127 g/mol. The first-order valence-electron chi connectivity index (χ1n) is 3.77. The van der Waals surface area contributed by atoms with Gasteiger partial charge < -0.3 is 4.74 Å². The molecule has 2 heteroatoms. The van der Waals surface area contributed by atoms with Crippen LogP contribution < -0.4 is 5.32 Å². The van der Waals surface area contributed by atoms with Crippen molar-refractivity contribution < 1.29 is 4.74 Å². The monoisotopic (exact) mass is 127 g/mol. The predicted molar refractivity (Wildman–Crippen MR) is 35.1 cm³/mol. The van der Waals surface area contributed by atoms with E-state index in [1.807, 2.05) is 0 Å². The third-order valence-electron chi connectivity index (χ3n) is 2.27. The first kappa shape index (κ1) is 5.69. The van der Waals surface area contributed by atoms with E-state index in [1.165, 1.54) is 12.8 Å². The molecule has 2 rings (SSSR count). The van der Waals surface area contributed by atoms with Gasteiger partial charge in [0, 0.05) is 0 Å². The Balaban J connectivity index is 1.96. The summed E-state index contributed by atoms with van der Waals surface area (Å²) in [7, 11) is 0. The number of ether oxygens (including phenoxy) is 1. The maximum atomic E-state index is 5.36. The van der Waals surface area contributed by atoms with Gasteiger partial charge in [0.15, 0.2) is 0 Å². The Labute approximate surface area is 55.6 Å². The first-order valence-corrected chi connectivity index (χ1v) is 3.77. The van der Waals surface area contributed by atoms with E-state index in [4.69, 9.17) is 4.74 Å². The van der Waals surface area contributed by atoms with Crippen molar-refractivity contribution in [2.45, 2.75) is 32.1 Å². The van der Waals surface area contributed by atoms with Crippen molar-refractivity contribution in [3.63, 3.8) is 0 Å².